The van der Waals surface area contributed by atoms with Gasteiger partial charge in [0.2, 0.25) is 5.75 Å². The van der Waals surface area contributed by atoms with Crippen molar-refractivity contribution in [3.8, 4) is 17.2 Å². The molecule has 2 atom stereocenters. The van der Waals surface area contributed by atoms with E-state index in [4.69, 9.17) is 19.9 Å². The molecular formula is C21H27ClN2O3. The van der Waals surface area contributed by atoms with E-state index in [1.807, 2.05) is 0 Å². The van der Waals surface area contributed by atoms with Crippen LogP contribution in [0.3, 0.4) is 0 Å². The Labute approximate surface area is 166 Å². The zero-order valence-electron chi connectivity index (χ0n) is 15.6. The molecule has 0 aliphatic carbocycles. The normalized spacial score (nSPS) is 21.6. The third-order valence-corrected chi connectivity index (χ3v) is 5.34. The summed E-state index contributed by atoms with van der Waals surface area (Å²) in [4.78, 5) is 2.47. The van der Waals surface area contributed by atoms with Crippen LogP contribution >= 0.6 is 12.4 Å². The lowest BCUT2D eigenvalue weighted by atomic mass is 9.89. The monoisotopic (exact) mass is 390 g/mol. The summed E-state index contributed by atoms with van der Waals surface area (Å²) in [5.74, 6) is 3.20. The number of nitrogens with zero attached hydrogens (tertiary/aromatic N) is 1. The first-order valence-corrected chi connectivity index (χ1v) is 9.22. The minimum absolute atomic E-state index is 0. The summed E-state index contributed by atoms with van der Waals surface area (Å²) in [7, 11) is 1.67. The maximum Gasteiger partial charge on any atom is 0.203 e. The largest absolute Gasteiger partial charge is 0.493 e. The predicted molar refractivity (Wildman–Crippen MR) is 108 cm³/mol. The average Bonchev–Trinajstić information content (AvgIpc) is 3.10. The van der Waals surface area contributed by atoms with Crippen LogP contribution in [0.15, 0.2) is 42.5 Å². The molecule has 5 nitrogen and oxygen atoms in total. The maximum absolute atomic E-state index is 6.07. The van der Waals surface area contributed by atoms with Crippen LogP contribution in [0.25, 0.3) is 0 Å². The van der Waals surface area contributed by atoms with Crippen LogP contribution in [-0.4, -0.2) is 44.9 Å². The maximum atomic E-state index is 6.07. The van der Waals surface area contributed by atoms with E-state index in [0.717, 1.165) is 31.1 Å². The number of hydrogen-bond donors (Lipinski definition) is 1. The smallest absolute Gasteiger partial charge is 0.203 e. The van der Waals surface area contributed by atoms with Crippen LogP contribution in [-0.2, 0) is 6.54 Å². The van der Waals surface area contributed by atoms with Gasteiger partial charge < -0.3 is 19.9 Å². The van der Waals surface area contributed by atoms with Crippen molar-refractivity contribution in [3.63, 3.8) is 0 Å². The Morgan fingerprint density at radius 1 is 1.11 bits per heavy atom. The van der Waals surface area contributed by atoms with Gasteiger partial charge in [-0.3, -0.25) is 4.90 Å². The van der Waals surface area contributed by atoms with Gasteiger partial charge in [-0.05, 0) is 35.7 Å². The summed E-state index contributed by atoms with van der Waals surface area (Å²) < 4.78 is 17.0. The number of hydrogen-bond acceptors (Lipinski definition) is 5. The van der Waals surface area contributed by atoms with Crippen LogP contribution in [0.4, 0.5) is 0 Å². The van der Waals surface area contributed by atoms with E-state index in [9.17, 15) is 0 Å². The van der Waals surface area contributed by atoms with Gasteiger partial charge in [0.1, 0.15) is 13.2 Å². The van der Waals surface area contributed by atoms with Gasteiger partial charge in [-0.15, -0.1) is 12.4 Å². The molecule has 1 saturated heterocycles. The summed E-state index contributed by atoms with van der Waals surface area (Å²) >= 11 is 0. The number of benzene rings is 2. The highest BCUT2D eigenvalue weighted by molar-refractivity contribution is 5.85. The molecule has 0 aromatic heterocycles. The molecule has 146 valence electrons. The zero-order chi connectivity index (χ0) is 17.9. The first-order valence-electron chi connectivity index (χ1n) is 9.22. The summed E-state index contributed by atoms with van der Waals surface area (Å²) in [6.07, 6.45) is 0. The highest BCUT2D eigenvalue weighted by Crippen LogP contribution is 2.41. The number of nitrogens with two attached hydrogens (primary N) is 1. The number of likely N-dealkylation sites (tertiary alicyclic amines) is 1. The molecule has 0 amide bonds. The van der Waals surface area contributed by atoms with Crippen molar-refractivity contribution < 1.29 is 14.2 Å². The molecule has 0 spiro atoms. The first kappa shape index (κ1) is 19.8. The molecule has 2 N–H and O–H groups in total. The van der Waals surface area contributed by atoms with E-state index in [1.54, 1.807) is 7.11 Å². The molecule has 2 aromatic carbocycles. The van der Waals surface area contributed by atoms with Crippen molar-refractivity contribution in [2.24, 2.45) is 11.7 Å². The zero-order valence-corrected chi connectivity index (χ0v) is 16.4. The first-order chi connectivity index (χ1) is 12.8. The fourth-order valence-corrected chi connectivity index (χ4v) is 4.08. The Bertz CT molecular complexity index is 739. The van der Waals surface area contributed by atoms with Crippen molar-refractivity contribution in [2.75, 3.05) is 40.0 Å². The highest BCUT2D eigenvalue weighted by Gasteiger charge is 2.33. The van der Waals surface area contributed by atoms with E-state index in [-0.39, 0.29) is 12.4 Å². The molecule has 2 aliphatic heterocycles. The lowest BCUT2D eigenvalue weighted by Gasteiger charge is -2.23. The Kier molecular flexibility index (Phi) is 6.47. The third-order valence-electron chi connectivity index (χ3n) is 5.34. The van der Waals surface area contributed by atoms with E-state index in [0.29, 0.717) is 37.3 Å². The van der Waals surface area contributed by atoms with Crippen molar-refractivity contribution in [3.05, 3.63) is 53.6 Å². The molecule has 6 heteroatoms. The lowest BCUT2D eigenvalue weighted by molar-refractivity contribution is 0.164. The molecule has 4 rings (SSSR count). The van der Waals surface area contributed by atoms with Gasteiger partial charge in [-0.2, -0.15) is 0 Å². The minimum Gasteiger partial charge on any atom is -0.493 e. The molecule has 2 heterocycles. The average molecular weight is 391 g/mol. The second-order valence-electron chi connectivity index (χ2n) is 7.03. The quantitative estimate of drug-likeness (QED) is 0.850. The molecule has 0 radical (unpaired) electrons. The fraction of sp³-hybridized carbons (Fsp3) is 0.429. The van der Waals surface area contributed by atoms with Crippen LogP contribution in [0, 0.1) is 5.92 Å². The van der Waals surface area contributed by atoms with Gasteiger partial charge in [0.05, 0.1) is 7.11 Å². The van der Waals surface area contributed by atoms with E-state index in [2.05, 4.69) is 47.4 Å². The Morgan fingerprint density at radius 2 is 1.89 bits per heavy atom. The molecule has 2 aliphatic rings. The van der Waals surface area contributed by atoms with Crippen LogP contribution in [0.5, 0.6) is 17.2 Å². The van der Waals surface area contributed by atoms with Crippen LogP contribution in [0.1, 0.15) is 17.0 Å². The molecule has 0 saturated carbocycles. The number of halogens is 1. The second kappa shape index (κ2) is 8.83. The van der Waals surface area contributed by atoms with Crippen molar-refractivity contribution in [1.29, 1.82) is 0 Å². The molecular weight excluding hydrogens is 364 g/mol. The number of ether oxygens (including phenoxy) is 3. The van der Waals surface area contributed by atoms with E-state index < -0.39 is 0 Å². The third kappa shape index (κ3) is 4.15. The van der Waals surface area contributed by atoms with Gasteiger partial charge >= 0.3 is 0 Å². The SMILES string of the molecule is COc1cc(CN2C[C@@H](CN)[C@H](c3ccccc3)C2)cc2c1OCCO2.Cl. The summed E-state index contributed by atoms with van der Waals surface area (Å²) in [5, 5.41) is 0. The van der Waals surface area contributed by atoms with E-state index >= 15 is 0 Å². The van der Waals surface area contributed by atoms with Gasteiger partial charge in [-0.1, -0.05) is 30.3 Å². The molecule has 0 bridgehead atoms. The van der Waals surface area contributed by atoms with Crippen molar-refractivity contribution in [1.82, 2.24) is 4.90 Å². The summed E-state index contributed by atoms with van der Waals surface area (Å²) in [5.41, 5.74) is 8.63. The van der Waals surface area contributed by atoms with Gasteiger partial charge in [0.15, 0.2) is 11.5 Å². The van der Waals surface area contributed by atoms with Crippen LogP contribution < -0.4 is 19.9 Å². The van der Waals surface area contributed by atoms with Crippen molar-refractivity contribution in [2.45, 2.75) is 12.5 Å². The second-order valence-corrected chi connectivity index (χ2v) is 7.03. The Morgan fingerprint density at radius 3 is 2.63 bits per heavy atom. The Hall–Kier alpha value is -1.95. The molecule has 27 heavy (non-hydrogen) atoms. The summed E-state index contributed by atoms with van der Waals surface area (Å²) in [6.45, 7) is 4.73. The lowest BCUT2D eigenvalue weighted by Crippen LogP contribution is -2.23. The van der Waals surface area contributed by atoms with Gasteiger partial charge in [-0.25, -0.2) is 0 Å². The van der Waals surface area contributed by atoms with Crippen LogP contribution in [0.2, 0.25) is 0 Å². The summed E-state index contributed by atoms with van der Waals surface area (Å²) in [6, 6.07) is 14.8. The molecule has 2 aromatic rings. The topological polar surface area (TPSA) is 57.0 Å². The molecule has 0 unspecified atom stereocenters. The standard InChI is InChI=1S/C21H26N2O3.ClH/c1-24-19-9-15(10-20-21(19)26-8-7-25-20)12-23-13-17(11-22)18(14-23)16-5-3-2-4-6-16;/h2-6,9-10,17-18H,7-8,11-14,22H2,1H3;1H/t17-,18+;/m1./s1. The van der Waals surface area contributed by atoms with Gasteiger partial charge in [0, 0.05) is 25.6 Å². The Balaban J connectivity index is 0.00000210. The number of rotatable bonds is 5. The fourth-order valence-electron chi connectivity index (χ4n) is 4.08. The van der Waals surface area contributed by atoms with E-state index in [1.165, 1.54) is 11.1 Å². The number of fused-ring (bicyclic) bond motifs is 1. The number of methoxy groups -OCH3 is 1. The minimum atomic E-state index is 0. The van der Waals surface area contributed by atoms with Crippen molar-refractivity contribution >= 4 is 12.4 Å². The highest BCUT2D eigenvalue weighted by atomic mass is 35.5. The predicted octanol–water partition coefficient (Wildman–Crippen LogP) is 3.06. The molecule has 1 fully saturated rings. The van der Waals surface area contributed by atoms with Gasteiger partial charge in [0.25, 0.3) is 0 Å².